The molecule has 8 nitrogen and oxygen atoms in total. The van der Waals surface area contributed by atoms with Crippen LogP contribution in [0.4, 0.5) is 0 Å². The summed E-state index contributed by atoms with van der Waals surface area (Å²) in [6.45, 7) is 3.18. The molecular weight excluding hydrogens is 360 g/mol. The van der Waals surface area contributed by atoms with Crippen LogP contribution in [-0.2, 0) is 14.8 Å². The van der Waals surface area contributed by atoms with Gasteiger partial charge in [-0.05, 0) is 25.0 Å². The lowest BCUT2D eigenvalue weighted by Gasteiger charge is -2.33. The molecule has 2 atom stereocenters. The van der Waals surface area contributed by atoms with Gasteiger partial charge in [0.05, 0.1) is 23.1 Å². The molecule has 1 saturated heterocycles. The smallest absolute Gasteiger partial charge is 0.309 e. The van der Waals surface area contributed by atoms with Crippen LogP contribution in [0.15, 0.2) is 33.7 Å². The van der Waals surface area contributed by atoms with E-state index in [1.807, 2.05) is 0 Å². The lowest BCUT2D eigenvalue weighted by Crippen LogP contribution is -2.48. The summed E-state index contributed by atoms with van der Waals surface area (Å²) >= 11 is 0. The van der Waals surface area contributed by atoms with Gasteiger partial charge < -0.3 is 14.6 Å². The zero-order valence-corrected chi connectivity index (χ0v) is 15.2. The van der Waals surface area contributed by atoms with Gasteiger partial charge in [-0.15, -0.1) is 0 Å². The Labute approximate surface area is 151 Å². The molecule has 2 N–H and O–H groups in total. The van der Waals surface area contributed by atoms with Crippen LogP contribution in [0.3, 0.4) is 0 Å². The molecule has 0 spiro atoms. The predicted molar refractivity (Wildman–Crippen MR) is 91.9 cm³/mol. The average molecular weight is 380 g/mol. The van der Waals surface area contributed by atoms with Crippen LogP contribution in [0.2, 0.25) is 0 Å². The van der Waals surface area contributed by atoms with E-state index in [1.54, 1.807) is 26.0 Å². The summed E-state index contributed by atoms with van der Waals surface area (Å²) in [4.78, 5) is 15.2. The third-order valence-corrected chi connectivity index (χ3v) is 6.58. The number of aliphatic carboxylic acids is 1. The van der Waals surface area contributed by atoms with Gasteiger partial charge in [-0.1, -0.05) is 12.1 Å². The van der Waals surface area contributed by atoms with Gasteiger partial charge in [0, 0.05) is 25.6 Å². The van der Waals surface area contributed by atoms with Gasteiger partial charge in [0.1, 0.15) is 0 Å². The van der Waals surface area contributed by atoms with Crippen LogP contribution >= 0.6 is 0 Å². The van der Waals surface area contributed by atoms with Crippen LogP contribution in [0, 0.1) is 19.8 Å². The number of carbonyl (C=O) groups is 1. The molecule has 26 heavy (non-hydrogen) atoms. The van der Waals surface area contributed by atoms with E-state index in [4.69, 9.17) is 9.52 Å². The van der Waals surface area contributed by atoms with Crippen molar-refractivity contribution in [3.05, 3.63) is 35.9 Å². The highest BCUT2D eigenvalue weighted by Crippen LogP contribution is 2.30. The molecule has 0 amide bonds. The SMILES string of the molecule is Cc1ncc(-c2ccc(C)c(S(=O)(=O)N3CC[C@H](C(=O)O)[C@H](O)C3)c2)o1. The fourth-order valence-electron chi connectivity index (χ4n) is 3.07. The fourth-order valence-corrected chi connectivity index (χ4v) is 4.80. The Kier molecular flexibility index (Phi) is 4.87. The summed E-state index contributed by atoms with van der Waals surface area (Å²) in [6.07, 6.45) is 0.352. The maximum atomic E-state index is 13.0. The zero-order valence-electron chi connectivity index (χ0n) is 14.4. The number of aliphatic hydroxyl groups excluding tert-OH is 1. The van der Waals surface area contributed by atoms with Crippen LogP contribution in [0.5, 0.6) is 0 Å². The molecule has 2 aromatic rings. The van der Waals surface area contributed by atoms with Gasteiger partial charge >= 0.3 is 5.97 Å². The Morgan fingerprint density at radius 2 is 2.08 bits per heavy atom. The van der Waals surface area contributed by atoms with Gasteiger partial charge in [0.15, 0.2) is 11.7 Å². The molecule has 3 rings (SSSR count). The van der Waals surface area contributed by atoms with Crippen molar-refractivity contribution >= 4 is 16.0 Å². The normalized spacial score (nSPS) is 21.7. The number of carboxylic acids is 1. The van der Waals surface area contributed by atoms with Crippen LogP contribution in [-0.4, -0.2) is 53.1 Å². The molecule has 0 saturated carbocycles. The number of piperidine rings is 1. The number of carboxylic acid groups (broad SMARTS) is 1. The van der Waals surface area contributed by atoms with E-state index in [2.05, 4.69) is 4.98 Å². The van der Waals surface area contributed by atoms with Gasteiger partial charge in [-0.25, -0.2) is 13.4 Å². The lowest BCUT2D eigenvalue weighted by molar-refractivity contribution is -0.147. The number of β-amino-alcohol motifs (C(OH)–C–C–N with tert-alkyl or cyclic N) is 1. The topological polar surface area (TPSA) is 121 Å². The molecule has 140 valence electrons. The number of oxazole rings is 1. The first-order chi connectivity index (χ1) is 12.2. The van der Waals surface area contributed by atoms with Crippen LogP contribution < -0.4 is 0 Å². The second kappa shape index (κ2) is 6.82. The Morgan fingerprint density at radius 3 is 2.65 bits per heavy atom. The third kappa shape index (κ3) is 3.37. The standard InChI is InChI=1S/C17H20N2O6S/c1-10-3-4-12(15-8-18-11(2)25-15)7-16(10)26(23,24)19-6-5-13(17(21)22)14(20)9-19/h3-4,7-8,13-14,20H,5-6,9H2,1-2H3,(H,21,22)/t13-,14+/m0/s1. The van der Waals surface area contributed by atoms with E-state index < -0.39 is 28.0 Å². The minimum atomic E-state index is -3.88. The number of aromatic nitrogens is 1. The number of nitrogens with zero attached hydrogens (tertiary/aromatic N) is 2. The van der Waals surface area contributed by atoms with Crippen molar-refractivity contribution in [2.24, 2.45) is 5.92 Å². The first-order valence-electron chi connectivity index (χ1n) is 8.14. The maximum absolute atomic E-state index is 13.0. The Bertz CT molecular complexity index is 936. The van der Waals surface area contributed by atoms with Crippen molar-refractivity contribution in [3.8, 4) is 11.3 Å². The summed E-state index contributed by atoms with van der Waals surface area (Å²) in [7, 11) is -3.88. The van der Waals surface area contributed by atoms with Gasteiger partial charge in [-0.3, -0.25) is 4.79 Å². The van der Waals surface area contributed by atoms with E-state index >= 15 is 0 Å². The zero-order chi connectivity index (χ0) is 19.1. The number of sulfonamides is 1. The molecule has 1 aliphatic rings. The van der Waals surface area contributed by atoms with E-state index in [0.717, 1.165) is 4.31 Å². The summed E-state index contributed by atoms with van der Waals surface area (Å²) < 4.78 is 32.7. The van der Waals surface area contributed by atoms with Crippen molar-refractivity contribution in [2.75, 3.05) is 13.1 Å². The second-order valence-corrected chi connectivity index (χ2v) is 8.29. The van der Waals surface area contributed by atoms with E-state index in [9.17, 15) is 18.3 Å². The number of aliphatic hydroxyl groups is 1. The molecule has 1 aromatic heterocycles. The number of hydrogen-bond acceptors (Lipinski definition) is 6. The Morgan fingerprint density at radius 1 is 1.35 bits per heavy atom. The van der Waals surface area contributed by atoms with Gasteiger partial charge in [0.25, 0.3) is 0 Å². The van der Waals surface area contributed by atoms with E-state index in [1.165, 1.54) is 12.3 Å². The minimum Gasteiger partial charge on any atom is -0.481 e. The summed E-state index contributed by atoms with van der Waals surface area (Å²) in [5.41, 5.74) is 1.13. The molecule has 1 aromatic carbocycles. The lowest BCUT2D eigenvalue weighted by atomic mass is 9.95. The fraction of sp³-hybridized carbons (Fsp3) is 0.412. The van der Waals surface area contributed by atoms with Crippen molar-refractivity contribution in [1.82, 2.24) is 9.29 Å². The summed E-state index contributed by atoms with van der Waals surface area (Å²) in [5.74, 6) is -1.13. The first-order valence-corrected chi connectivity index (χ1v) is 9.58. The average Bonchev–Trinajstić information content (AvgIpc) is 3.01. The molecule has 1 fully saturated rings. The van der Waals surface area contributed by atoms with Gasteiger partial charge in [0.2, 0.25) is 10.0 Å². The van der Waals surface area contributed by atoms with Gasteiger partial charge in [-0.2, -0.15) is 4.31 Å². The highest BCUT2D eigenvalue weighted by molar-refractivity contribution is 7.89. The predicted octanol–water partition coefficient (Wildman–Crippen LogP) is 1.41. The molecule has 9 heteroatoms. The van der Waals surface area contributed by atoms with Crippen molar-refractivity contribution in [1.29, 1.82) is 0 Å². The van der Waals surface area contributed by atoms with E-state index in [0.29, 0.717) is 22.8 Å². The van der Waals surface area contributed by atoms with Crippen LogP contribution in [0.25, 0.3) is 11.3 Å². The second-order valence-electron chi connectivity index (χ2n) is 6.39. The maximum Gasteiger partial charge on any atom is 0.309 e. The summed E-state index contributed by atoms with van der Waals surface area (Å²) in [6, 6.07) is 4.95. The molecule has 0 radical (unpaired) electrons. The Hall–Kier alpha value is -2.23. The quantitative estimate of drug-likeness (QED) is 0.822. The molecular formula is C17H20N2O6S. The monoisotopic (exact) mass is 380 g/mol. The van der Waals surface area contributed by atoms with E-state index in [-0.39, 0.29) is 24.4 Å². The molecule has 0 aliphatic carbocycles. The minimum absolute atomic E-state index is 0.0431. The summed E-state index contributed by atoms with van der Waals surface area (Å²) in [5, 5.41) is 19.1. The first kappa shape index (κ1) is 18.6. The molecule has 2 heterocycles. The number of aryl methyl sites for hydroxylation is 2. The highest BCUT2D eigenvalue weighted by atomic mass is 32.2. The molecule has 0 bridgehead atoms. The third-order valence-electron chi connectivity index (χ3n) is 4.57. The number of rotatable bonds is 4. The van der Waals surface area contributed by atoms with Crippen LogP contribution in [0.1, 0.15) is 17.9 Å². The number of benzene rings is 1. The Balaban J connectivity index is 1.93. The van der Waals surface area contributed by atoms with Crippen molar-refractivity contribution in [3.63, 3.8) is 0 Å². The number of hydrogen-bond donors (Lipinski definition) is 2. The highest BCUT2D eigenvalue weighted by Gasteiger charge is 2.38. The van der Waals surface area contributed by atoms with Crippen molar-refractivity contribution < 1.29 is 27.8 Å². The van der Waals surface area contributed by atoms with Crippen molar-refractivity contribution in [2.45, 2.75) is 31.3 Å². The molecule has 1 aliphatic heterocycles. The largest absolute Gasteiger partial charge is 0.481 e. The molecule has 0 unspecified atom stereocenters.